The monoisotopic (exact) mass is 439 g/mol. The van der Waals surface area contributed by atoms with Gasteiger partial charge >= 0.3 is 6.03 Å². The van der Waals surface area contributed by atoms with Crippen molar-refractivity contribution >= 4 is 17.8 Å². The number of imide groups is 1. The predicted molar refractivity (Wildman–Crippen MR) is 119 cm³/mol. The van der Waals surface area contributed by atoms with Gasteiger partial charge < -0.3 is 19.7 Å². The maximum Gasteiger partial charge on any atom is 0.325 e. The predicted octanol–water partition coefficient (Wildman–Crippen LogP) is 2.83. The van der Waals surface area contributed by atoms with Gasteiger partial charge in [-0.25, -0.2) is 4.79 Å². The molecule has 1 fully saturated rings. The smallest absolute Gasteiger partial charge is 0.325 e. The molecule has 1 atom stereocenters. The first-order valence-corrected chi connectivity index (χ1v) is 10.4. The summed E-state index contributed by atoms with van der Waals surface area (Å²) < 4.78 is 10.6. The molecule has 0 aliphatic carbocycles. The number of urea groups is 1. The first kappa shape index (κ1) is 23.1. The highest BCUT2D eigenvalue weighted by atomic mass is 16.5. The van der Waals surface area contributed by atoms with Gasteiger partial charge in [-0.15, -0.1) is 0 Å². The Balaban J connectivity index is 1.76. The number of nitrogens with one attached hydrogen (secondary N) is 1. The largest absolute Gasteiger partial charge is 0.493 e. The lowest BCUT2D eigenvalue weighted by atomic mass is 9.88. The topological polar surface area (TPSA) is 88.2 Å². The Morgan fingerprint density at radius 1 is 1.09 bits per heavy atom. The lowest BCUT2D eigenvalue weighted by Gasteiger charge is -2.25. The van der Waals surface area contributed by atoms with E-state index in [1.807, 2.05) is 44.2 Å². The standard InChI is InChI=1S/C24H29N3O5/c1-6-26(14-17-11-12-19(31-4)20(13-17)32-5)21(28)15-27-22(29)24(3,25-23(27)30)18-10-8-7-9-16(18)2/h7-13H,6,14-15H2,1-5H3,(H,25,30). The van der Waals surface area contributed by atoms with E-state index in [1.165, 1.54) is 0 Å². The number of hydrogen-bond donors (Lipinski definition) is 1. The van der Waals surface area contributed by atoms with Crippen molar-refractivity contribution in [3.63, 3.8) is 0 Å². The number of methoxy groups -OCH3 is 2. The summed E-state index contributed by atoms with van der Waals surface area (Å²) in [6.45, 7) is 5.81. The van der Waals surface area contributed by atoms with Gasteiger partial charge in [-0.3, -0.25) is 14.5 Å². The van der Waals surface area contributed by atoms with Crippen molar-refractivity contribution in [3.05, 3.63) is 59.2 Å². The van der Waals surface area contributed by atoms with Crippen molar-refractivity contribution in [2.75, 3.05) is 27.3 Å². The molecule has 8 heteroatoms. The number of aryl methyl sites for hydroxylation is 1. The molecule has 1 unspecified atom stereocenters. The first-order valence-electron chi connectivity index (χ1n) is 10.4. The van der Waals surface area contributed by atoms with Crippen molar-refractivity contribution in [1.29, 1.82) is 0 Å². The van der Waals surface area contributed by atoms with Crippen LogP contribution < -0.4 is 14.8 Å². The molecule has 3 rings (SSSR count). The van der Waals surface area contributed by atoms with Crippen LogP contribution >= 0.6 is 0 Å². The van der Waals surface area contributed by atoms with Crippen molar-refractivity contribution < 1.29 is 23.9 Å². The third-order valence-corrected chi connectivity index (χ3v) is 5.81. The third-order valence-electron chi connectivity index (χ3n) is 5.81. The van der Waals surface area contributed by atoms with Crippen molar-refractivity contribution in [3.8, 4) is 11.5 Å². The molecule has 0 saturated carbocycles. The molecule has 0 radical (unpaired) electrons. The highest BCUT2D eigenvalue weighted by Crippen LogP contribution is 2.31. The Hall–Kier alpha value is -3.55. The number of hydrogen-bond acceptors (Lipinski definition) is 5. The highest BCUT2D eigenvalue weighted by molar-refractivity contribution is 6.09. The Labute approximate surface area is 188 Å². The summed E-state index contributed by atoms with van der Waals surface area (Å²) in [5.41, 5.74) is 1.24. The summed E-state index contributed by atoms with van der Waals surface area (Å²) in [5.74, 6) is 0.407. The van der Waals surface area contributed by atoms with Crippen molar-refractivity contribution in [2.45, 2.75) is 32.9 Å². The summed E-state index contributed by atoms with van der Waals surface area (Å²) in [5, 5.41) is 2.76. The van der Waals surface area contributed by atoms with Gasteiger partial charge in [0.15, 0.2) is 11.5 Å². The zero-order valence-electron chi connectivity index (χ0n) is 19.1. The molecule has 170 valence electrons. The Bertz CT molecular complexity index is 1040. The van der Waals surface area contributed by atoms with Crippen LogP contribution in [0, 0.1) is 6.92 Å². The van der Waals surface area contributed by atoms with Crippen molar-refractivity contribution in [2.24, 2.45) is 0 Å². The van der Waals surface area contributed by atoms with Gasteiger partial charge in [-0.1, -0.05) is 30.3 Å². The molecule has 1 N–H and O–H groups in total. The summed E-state index contributed by atoms with van der Waals surface area (Å²) in [6.07, 6.45) is 0. The van der Waals surface area contributed by atoms with Crippen LogP contribution in [0.2, 0.25) is 0 Å². The number of carbonyl (C=O) groups excluding carboxylic acids is 3. The summed E-state index contributed by atoms with van der Waals surface area (Å²) in [4.78, 5) is 41.4. The maximum absolute atomic E-state index is 13.2. The minimum atomic E-state index is -1.21. The number of carbonyl (C=O) groups is 3. The number of rotatable bonds is 8. The van der Waals surface area contributed by atoms with E-state index >= 15 is 0 Å². The number of ether oxygens (including phenoxy) is 2. The Morgan fingerprint density at radius 3 is 2.41 bits per heavy atom. The summed E-state index contributed by atoms with van der Waals surface area (Å²) in [6, 6.07) is 12.2. The fourth-order valence-corrected chi connectivity index (χ4v) is 3.97. The summed E-state index contributed by atoms with van der Waals surface area (Å²) in [7, 11) is 3.11. The molecule has 1 aliphatic heterocycles. The van der Waals surface area contributed by atoms with Crippen LogP contribution in [0.3, 0.4) is 0 Å². The zero-order chi connectivity index (χ0) is 23.5. The second kappa shape index (κ2) is 9.30. The van der Waals surface area contributed by atoms with Crippen LogP contribution in [0.15, 0.2) is 42.5 Å². The molecular formula is C24H29N3O5. The molecular weight excluding hydrogens is 410 g/mol. The van der Waals surface area contributed by atoms with Gasteiger partial charge in [0.05, 0.1) is 14.2 Å². The van der Waals surface area contributed by atoms with Crippen LogP contribution in [-0.4, -0.2) is 55.0 Å². The van der Waals surface area contributed by atoms with E-state index in [9.17, 15) is 14.4 Å². The second-order valence-electron chi connectivity index (χ2n) is 7.86. The van der Waals surface area contributed by atoms with E-state index in [-0.39, 0.29) is 12.5 Å². The van der Waals surface area contributed by atoms with E-state index < -0.39 is 17.5 Å². The minimum Gasteiger partial charge on any atom is -0.493 e. The Morgan fingerprint density at radius 2 is 1.78 bits per heavy atom. The molecule has 4 amide bonds. The van der Waals surface area contributed by atoms with E-state index in [2.05, 4.69) is 5.32 Å². The lowest BCUT2D eigenvalue weighted by Crippen LogP contribution is -2.44. The normalized spacial score (nSPS) is 17.8. The average molecular weight is 440 g/mol. The first-order chi connectivity index (χ1) is 15.2. The molecule has 2 aromatic carbocycles. The van der Waals surface area contributed by atoms with Crippen LogP contribution in [-0.2, 0) is 21.7 Å². The zero-order valence-corrected chi connectivity index (χ0v) is 19.1. The van der Waals surface area contributed by atoms with Gasteiger partial charge in [0.25, 0.3) is 5.91 Å². The number of likely N-dealkylation sites (N-methyl/N-ethyl adjacent to an activating group) is 1. The molecule has 0 bridgehead atoms. The minimum absolute atomic E-state index is 0.314. The van der Waals surface area contributed by atoms with Gasteiger partial charge in [0.1, 0.15) is 12.1 Å². The molecule has 1 heterocycles. The van der Waals surface area contributed by atoms with Crippen LogP contribution in [0.5, 0.6) is 11.5 Å². The SMILES string of the molecule is CCN(Cc1ccc(OC)c(OC)c1)C(=O)CN1C(=O)NC(C)(c2ccccc2C)C1=O. The Kier molecular flexibility index (Phi) is 6.72. The molecule has 32 heavy (non-hydrogen) atoms. The fraction of sp³-hybridized carbons (Fsp3) is 0.375. The van der Waals surface area contributed by atoms with Crippen LogP contribution in [0.25, 0.3) is 0 Å². The fourth-order valence-electron chi connectivity index (χ4n) is 3.97. The van der Waals surface area contributed by atoms with Gasteiger partial charge in [0.2, 0.25) is 5.91 Å². The van der Waals surface area contributed by atoms with Gasteiger partial charge in [0, 0.05) is 13.1 Å². The molecule has 2 aromatic rings. The quantitative estimate of drug-likeness (QED) is 0.639. The average Bonchev–Trinajstić information content (AvgIpc) is 3.00. The number of nitrogens with zero attached hydrogens (tertiary/aromatic N) is 2. The molecule has 8 nitrogen and oxygen atoms in total. The highest BCUT2D eigenvalue weighted by Gasteiger charge is 2.50. The van der Waals surface area contributed by atoms with E-state index in [0.717, 1.165) is 16.0 Å². The molecule has 0 aromatic heterocycles. The number of benzene rings is 2. The van der Waals surface area contributed by atoms with Crippen LogP contribution in [0.1, 0.15) is 30.5 Å². The molecule has 0 spiro atoms. The second-order valence-corrected chi connectivity index (χ2v) is 7.86. The van der Waals surface area contributed by atoms with E-state index in [1.54, 1.807) is 38.2 Å². The van der Waals surface area contributed by atoms with Gasteiger partial charge in [-0.05, 0) is 49.6 Å². The maximum atomic E-state index is 13.2. The molecule has 1 saturated heterocycles. The summed E-state index contributed by atoms with van der Waals surface area (Å²) >= 11 is 0. The van der Waals surface area contributed by atoms with Crippen molar-refractivity contribution in [1.82, 2.24) is 15.1 Å². The van der Waals surface area contributed by atoms with E-state index in [0.29, 0.717) is 30.2 Å². The van der Waals surface area contributed by atoms with Gasteiger partial charge in [-0.2, -0.15) is 0 Å². The van der Waals surface area contributed by atoms with E-state index in [4.69, 9.17) is 9.47 Å². The van der Waals surface area contributed by atoms with Crippen LogP contribution in [0.4, 0.5) is 4.79 Å². The molecule has 1 aliphatic rings. The third kappa shape index (κ3) is 4.26. The lowest BCUT2D eigenvalue weighted by molar-refractivity contribution is -0.139. The number of amides is 4.